The molecule has 170 valence electrons. The van der Waals surface area contributed by atoms with Crippen LogP contribution in [0.25, 0.3) is 5.76 Å². The van der Waals surface area contributed by atoms with Crippen LogP contribution in [0.4, 0.5) is 5.13 Å². The molecule has 4 rings (SSSR count). The fourth-order valence-corrected chi connectivity index (χ4v) is 4.49. The van der Waals surface area contributed by atoms with Crippen LogP contribution in [0.1, 0.15) is 36.1 Å². The van der Waals surface area contributed by atoms with Gasteiger partial charge in [-0.1, -0.05) is 19.1 Å². The predicted molar refractivity (Wildman–Crippen MR) is 127 cm³/mol. The molecular formula is C25H24N2O5S. The number of ketones is 1. The topological polar surface area (TPSA) is 89.0 Å². The summed E-state index contributed by atoms with van der Waals surface area (Å²) in [5.41, 5.74) is 1.91. The lowest BCUT2D eigenvalue weighted by molar-refractivity contribution is -0.132. The van der Waals surface area contributed by atoms with Crippen LogP contribution in [0.2, 0.25) is 0 Å². The Bertz CT molecular complexity index is 1200. The molecule has 0 spiro atoms. The number of benzene rings is 2. The zero-order valence-corrected chi connectivity index (χ0v) is 19.4. The molecule has 1 atom stereocenters. The van der Waals surface area contributed by atoms with Gasteiger partial charge in [-0.15, -0.1) is 11.3 Å². The first kappa shape index (κ1) is 22.5. The Morgan fingerprint density at radius 2 is 1.94 bits per heavy atom. The number of hydrogen-bond acceptors (Lipinski definition) is 7. The molecule has 1 amide bonds. The van der Waals surface area contributed by atoms with Crippen molar-refractivity contribution in [3.63, 3.8) is 0 Å². The molecule has 1 aliphatic rings. The smallest absolute Gasteiger partial charge is 0.301 e. The van der Waals surface area contributed by atoms with Gasteiger partial charge in [0.15, 0.2) is 5.13 Å². The lowest BCUT2D eigenvalue weighted by Crippen LogP contribution is -2.29. The second-order valence-corrected chi connectivity index (χ2v) is 8.46. The molecule has 1 saturated heterocycles. The highest BCUT2D eigenvalue weighted by Crippen LogP contribution is 2.43. The second-order valence-electron chi connectivity index (χ2n) is 7.59. The summed E-state index contributed by atoms with van der Waals surface area (Å²) in [5, 5.41) is 13.3. The van der Waals surface area contributed by atoms with Crippen molar-refractivity contribution in [2.24, 2.45) is 0 Å². The number of Topliss-reactive ketones (excluding diaryl/α,β-unsaturated/α-hetero) is 1. The van der Waals surface area contributed by atoms with Gasteiger partial charge >= 0.3 is 5.91 Å². The van der Waals surface area contributed by atoms with Crippen molar-refractivity contribution in [1.82, 2.24) is 4.98 Å². The molecule has 1 unspecified atom stereocenters. The molecule has 1 aliphatic heterocycles. The Labute approximate surface area is 195 Å². The second kappa shape index (κ2) is 9.46. The minimum absolute atomic E-state index is 0.0157. The number of nitrogens with zero attached hydrogens (tertiary/aromatic N) is 2. The zero-order valence-electron chi connectivity index (χ0n) is 18.6. The fourth-order valence-electron chi connectivity index (χ4n) is 3.83. The molecule has 2 heterocycles. The van der Waals surface area contributed by atoms with E-state index in [0.717, 1.165) is 12.0 Å². The van der Waals surface area contributed by atoms with E-state index in [0.29, 0.717) is 34.4 Å². The summed E-state index contributed by atoms with van der Waals surface area (Å²) in [6.45, 7) is 4.46. The summed E-state index contributed by atoms with van der Waals surface area (Å²) in [7, 11) is 1.56. The average Bonchev–Trinajstić information content (AvgIpc) is 3.44. The number of amides is 1. The van der Waals surface area contributed by atoms with Gasteiger partial charge in [-0.25, -0.2) is 4.98 Å². The Hall–Kier alpha value is -3.65. The number of rotatable bonds is 7. The highest BCUT2D eigenvalue weighted by atomic mass is 32.1. The molecule has 8 heteroatoms. The van der Waals surface area contributed by atoms with Crippen molar-refractivity contribution >= 4 is 33.9 Å². The van der Waals surface area contributed by atoms with E-state index in [9.17, 15) is 14.7 Å². The van der Waals surface area contributed by atoms with Crippen LogP contribution in [0, 0.1) is 6.92 Å². The molecule has 33 heavy (non-hydrogen) atoms. The molecule has 1 N–H and O–H groups in total. The standard InChI is InChI=1S/C25H24N2O5S/c1-4-12-32-18-8-5-16(6-9-18)21-20(22(28)17-7-10-19(31-3)15(2)14-17)23(29)24(30)27(21)25-26-11-13-33-25/h5-11,13-14,21,28H,4,12H2,1-3H3. The van der Waals surface area contributed by atoms with Gasteiger partial charge in [0.1, 0.15) is 17.3 Å². The Morgan fingerprint density at radius 3 is 2.55 bits per heavy atom. The molecular weight excluding hydrogens is 440 g/mol. The predicted octanol–water partition coefficient (Wildman–Crippen LogP) is 4.88. The van der Waals surface area contributed by atoms with Gasteiger partial charge < -0.3 is 14.6 Å². The number of carbonyl (C=O) groups excluding carboxylic acids is 2. The number of anilines is 1. The van der Waals surface area contributed by atoms with E-state index >= 15 is 0 Å². The van der Waals surface area contributed by atoms with E-state index in [1.165, 1.54) is 16.2 Å². The monoisotopic (exact) mass is 464 g/mol. The van der Waals surface area contributed by atoms with Crippen molar-refractivity contribution in [2.75, 3.05) is 18.6 Å². The molecule has 0 aliphatic carbocycles. The summed E-state index contributed by atoms with van der Waals surface area (Å²) in [4.78, 5) is 31.8. The van der Waals surface area contributed by atoms with E-state index in [-0.39, 0.29) is 11.3 Å². The van der Waals surface area contributed by atoms with Crippen molar-refractivity contribution < 1.29 is 24.2 Å². The van der Waals surface area contributed by atoms with E-state index in [1.54, 1.807) is 61.2 Å². The van der Waals surface area contributed by atoms with Gasteiger partial charge in [0.2, 0.25) is 0 Å². The normalized spacial score (nSPS) is 17.4. The molecule has 2 aromatic carbocycles. The van der Waals surface area contributed by atoms with Crippen molar-refractivity contribution in [1.29, 1.82) is 0 Å². The maximum atomic E-state index is 13.1. The minimum atomic E-state index is -0.821. The first-order valence-electron chi connectivity index (χ1n) is 10.5. The van der Waals surface area contributed by atoms with Crippen LogP contribution < -0.4 is 14.4 Å². The first-order chi connectivity index (χ1) is 16.0. The third-order valence-electron chi connectivity index (χ3n) is 5.41. The van der Waals surface area contributed by atoms with Crippen molar-refractivity contribution in [2.45, 2.75) is 26.3 Å². The number of ether oxygens (including phenoxy) is 2. The molecule has 0 radical (unpaired) electrons. The number of methoxy groups -OCH3 is 1. The Morgan fingerprint density at radius 1 is 1.18 bits per heavy atom. The van der Waals surface area contributed by atoms with Gasteiger partial charge in [-0.3, -0.25) is 14.5 Å². The fraction of sp³-hybridized carbons (Fsp3) is 0.240. The molecule has 7 nitrogen and oxygen atoms in total. The number of aryl methyl sites for hydroxylation is 1. The van der Waals surface area contributed by atoms with Crippen LogP contribution in [0.15, 0.2) is 59.6 Å². The number of aliphatic hydroxyl groups excluding tert-OH is 1. The van der Waals surface area contributed by atoms with E-state index in [1.807, 2.05) is 13.8 Å². The van der Waals surface area contributed by atoms with Gasteiger partial charge in [-0.2, -0.15) is 0 Å². The highest BCUT2D eigenvalue weighted by molar-refractivity contribution is 7.14. The molecule has 0 saturated carbocycles. The summed E-state index contributed by atoms with van der Waals surface area (Å²) in [6, 6.07) is 11.5. The van der Waals surface area contributed by atoms with Gasteiger partial charge in [0.25, 0.3) is 5.78 Å². The SMILES string of the molecule is CCCOc1ccc(C2C(=C(O)c3ccc(OC)c(C)c3)C(=O)C(=O)N2c2nccs2)cc1. The molecule has 0 bridgehead atoms. The van der Waals surface area contributed by atoms with Crippen LogP contribution >= 0.6 is 11.3 Å². The maximum Gasteiger partial charge on any atom is 0.301 e. The van der Waals surface area contributed by atoms with E-state index in [2.05, 4.69) is 4.98 Å². The quantitative estimate of drug-likeness (QED) is 0.305. The van der Waals surface area contributed by atoms with Crippen LogP contribution in [-0.2, 0) is 9.59 Å². The number of aliphatic hydroxyl groups is 1. The molecule has 1 fully saturated rings. The van der Waals surface area contributed by atoms with E-state index in [4.69, 9.17) is 9.47 Å². The summed E-state index contributed by atoms with van der Waals surface area (Å²) < 4.78 is 11.0. The van der Waals surface area contributed by atoms with Crippen molar-refractivity contribution in [3.8, 4) is 11.5 Å². The summed E-state index contributed by atoms with van der Waals surface area (Å²) in [6.07, 6.45) is 2.46. The lowest BCUT2D eigenvalue weighted by Gasteiger charge is -2.23. The number of aromatic nitrogens is 1. The van der Waals surface area contributed by atoms with Crippen LogP contribution in [0.5, 0.6) is 11.5 Å². The molecule has 1 aromatic heterocycles. The lowest BCUT2D eigenvalue weighted by atomic mass is 9.95. The number of carbonyl (C=O) groups is 2. The minimum Gasteiger partial charge on any atom is -0.507 e. The maximum absolute atomic E-state index is 13.1. The largest absolute Gasteiger partial charge is 0.507 e. The Balaban J connectivity index is 1.85. The van der Waals surface area contributed by atoms with Gasteiger partial charge in [0, 0.05) is 17.1 Å². The summed E-state index contributed by atoms with van der Waals surface area (Å²) in [5.74, 6) is -0.374. The van der Waals surface area contributed by atoms with E-state index < -0.39 is 17.7 Å². The third-order valence-corrected chi connectivity index (χ3v) is 6.18. The van der Waals surface area contributed by atoms with Crippen LogP contribution in [0.3, 0.4) is 0 Å². The average molecular weight is 465 g/mol. The van der Waals surface area contributed by atoms with Crippen LogP contribution in [-0.4, -0.2) is 35.5 Å². The number of thiazole rings is 1. The van der Waals surface area contributed by atoms with Gasteiger partial charge in [0.05, 0.1) is 25.3 Å². The zero-order chi connectivity index (χ0) is 23.5. The third kappa shape index (κ3) is 4.21. The summed E-state index contributed by atoms with van der Waals surface area (Å²) >= 11 is 1.25. The molecule has 3 aromatic rings. The Kier molecular flexibility index (Phi) is 6.46. The highest BCUT2D eigenvalue weighted by Gasteiger charge is 2.48. The first-order valence-corrected chi connectivity index (χ1v) is 11.4. The number of hydrogen-bond donors (Lipinski definition) is 1. The van der Waals surface area contributed by atoms with Crippen molar-refractivity contribution in [3.05, 3.63) is 76.3 Å². The van der Waals surface area contributed by atoms with Gasteiger partial charge in [-0.05, 0) is 54.8 Å².